The van der Waals surface area contributed by atoms with Crippen molar-refractivity contribution in [3.8, 4) is 0 Å². The third-order valence-corrected chi connectivity index (χ3v) is 3.73. The lowest BCUT2D eigenvalue weighted by atomic mass is 10.1. The monoisotopic (exact) mass is 304 g/mol. The second-order valence-corrected chi connectivity index (χ2v) is 6.82. The van der Waals surface area contributed by atoms with E-state index >= 15 is 0 Å². The van der Waals surface area contributed by atoms with Crippen molar-refractivity contribution in [2.45, 2.75) is 42.9 Å². The van der Waals surface area contributed by atoms with Crippen LogP contribution in [0.5, 0.6) is 0 Å². The van der Waals surface area contributed by atoms with E-state index in [-0.39, 0.29) is 16.9 Å². The number of aromatic nitrogens is 2. The van der Waals surface area contributed by atoms with Crippen LogP contribution < -0.4 is 16.6 Å². The van der Waals surface area contributed by atoms with Gasteiger partial charge in [-0.2, -0.15) is 0 Å². The smallest absolute Gasteiger partial charge is 0.253 e. The minimum Gasteiger partial charge on any atom is -0.383 e. The summed E-state index contributed by atoms with van der Waals surface area (Å²) in [4.78, 5) is 19.3. The molecule has 1 heterocycles. The van der Waals surface area contributed by atoms with Gasteiger partial charge in [0.1, 0.15) is 5.82 Å². The molecule has 0 spiro atoms. The van der Waals surface area contributed by atoms with Crippen molar-refractivity contribution in [1.82, 2.24) is 15.3 Å². The van der Waals surface area contributed by atoms with Crippen molar-refractivity contribution < 1.29 is 0 Å². The zero-order valence-corrected chi connectivity index (χ0v) is 13.3. The Balaban J connectivity index is 2.21. The molecule has 4 N–H and O–H groups in total. The molecule has 112 valence electrons. The molecule has 2 aromatic rings. The highest BCUT2D eigenvalue weighted by Gasteiger charge is 2.11. The van der Waals surface area contributed by atoms with E-state index in [0.717, 1.165) is 17.0 Å². The van der Waals surface area contributed by atoms with E-state index < -0.39 is 0 Å². The number of H-pyrrole nitrogens is 1. The van der Waals surface area contributed by atoms with Crippen molar-refractivity contribution in [3.05, 3.63) is 46.2 Å². The molecule has 5 nitrogen and oxygen atoms in total. The molecule has 0 bridgehead atoms. The number of nitrogens with zero attached hydrogens (tertiary/aromatic N) is 1. The van der Waals surface area contributed by atoms with Gasteiger partial charge < -0.3 is 16.0 Å². The first-order chi connectivity index (χ1) is 9.83. The number of nitrogen functional groups attached to an aromatic ring is 1. The second kappa shape index (κ2) is 6.32. The molecule has 1 aromatic carbocycles. The predicted molar refractivity (Wildman–Crippen MR) is 86.4 cm³/mol. The molecule has 1 aromatic heterocycles. The Morgan fingerprint density at radius 2 is 2.05 bits per heavy atom. The Labute approximate surface area is 128 Å². The number of hydrogen-bond donors (Lipinski definition) is 3. The maximum Gasteiger partial charge on any atom is 0.253 e. The molecule has 0 aliphatic heterocycles. The standard InChI is InChI=1S/C15H20N4OS/c1-15(2,3)17-9-10-6-4-5-7-11(10)21-14-18-12(16)8-13(20)19-14/h4-8,17H,9H2,1-3H3,(H3,16,18,19,20). The van der Waals surface area contributed by atoms with Crippen molar-refractivity contribution in [2.24, 2.45) is 0 Å². The summed E-state index contributed by atoms with van der Waals surface area (Å²) in [5.41, 5.74) is 6.57. The van der Waals surface area contributed by atoms with Crippen LogP contribution in [0.2, 0.25) is 0 Å². The molecular formula is C15H20N4OS. The molecule has 0 radical (unpaired) electrons. The highest BCUT2D eigenvalue weighted by Crippen LogP contribution is 2.27. The number of anilines is 1. The van der Waals surface area contributed by atoms with E-state index in [2.05, 4.69) is 42.1 Å². The average Bonchev–Trinajstić information content (AvgIpc) is 2.35. The first kappa shape index (κ1) is 15.6. The van der Waals surface area contributed by atoms with Crippen LogP contribution in [-0.2, 0) is 6.54 Å². The third-order valence-electron chi connectivity index (χ3n) is 2.73. The molecule has 0 aliphatic rings. The van der Waals surface area contributed by atoms with E-state index in [9.17, 15) is 4.79 Å². The molecule has 0 atom stereocenters. The summed E-state index contributed by atoms with van der Waals surface area (Å²) in [5.74, 6) is 0.228. The van der Waals surface area contributed by atoms with Gasteiger partial charge in [-0.3, -0.25) is 4.79 Å². The van der Waals surface area contributed by atoms with E-state index in [4.69, 9.17) is 5.73 Å². The first-order valence-corrected chi connectivity index (χ1v) is 7.53. The lowest BCUT2D eigenvalue weighted by molar-refractivity contribution is 0.422. The number of rotatable bonds is 4. The van der Waals surface area contributed by atoms with Crippen molar-refractivity contribution in [1.29, 1.82) is 0 Å². The fourth-order valence-electron chi connectivity index (χ4n) is 1.72. The van der Waals surface area contributed by atoms with Gasteiger partial charge in [-0.25, -0.2) is 4.98 Å². The molecule has 0 aliphatic carbocycles. The van der Waals surface area contributed by atoms with Crippen LogP contribution in [0.1, 0.15) is 26.3 Å². The Bertz CT molecular complexity index is 676. The highest BCUT2D eigenvalue weighted by molar-refractivity contribution is 7.99. The summed E-state index contributed by atoms with van der Waals surface area (Å²) >= 11 is 1.41. The van der Waals surface area contributed by atoms with Crippen LogP contribution >= 0.6 is 11.8 Å². The van der Waals surface area contributed by atoms with E-state index in [1.54, 1.807) is 0 Å². The normalized spacial score (nSPS) is 11.6. The number of benzene rings is 1. The molecule has 0 amide bonds. The lowest BCUT2D eigenvalue weighted by Gasteiger charge is -2.21. The summed E-state index contributed by atoms with van der Waals surface area (Å²) in [5, 5.41) is 3.96. The fraction of sp³-hybridized carbons (Fsp3) is 0.333. The molecule has 2 rings (SSSR count). The largest absolute Gasteiger partial charge is 0.383 e. The Kier molecular flexibility index (Phi) is 4.69. The quantitative estimate of drug-likeness (QED) is 0.755. The summed E-state index contributed by atoms with van der Waals surface area (Å²) in [6, 6.07) is 9.31. The molecule has 0 saturated carbocycles. The third kappa shape index (κ3) is 4.91. The van der Waals surface area contributed by atoms with Gasteiger partial charge in [0.15, 0.2) is 5.16 Å². The minimum absolute atomic E-state index is 0.0432. The Hall–Kier alpha value is -1.79. The van der Waals surface area contributed by atoms with Gasteiger partial charge in [0.25, 0.3) is 5.56 Å². The van der Waals surface area contributed by atoms with E-state index in [1.165, 1.54) is 17.8 Å². The number of nitrogens with one attached hydrogen (secondary N) is 2. The van der Waals surface area contributed by atoms with Gasteiger partial charge in [0.2, 0.25) is 0 Å². The SMILES string of the molecule is CC(C)(C)NCc1ccccc1Sc1nc(N)cc(=O)[nH]1. The lowest BCUT2D eigenvalue weighted by Crippen LogP contribution is -2.35. The number of hydrogen-bond acceptors (Lipinski definition) is 5. The Morgan fingerprint density at radius 1 is 1.33 bits per heavy atom. The zero-order valence-electron chi connectivity index (χ0n) is 12.4. The zero-order chi connectivity index (χ0) is 15.5. The van der Waals surface area contributed by atoms with Gasteiger partial charge >= 0.3 is 0 Å². The molecular weight excluding hydrogens is 284 g/mol. The van der Waals surface area contributed by atoms with Crippen molar-refractivity contribution in [3.63, 3.8) is 0 Å². The minimum atomic E-state index is -0.240. The van der Waals surface area contributed by atoms with Crippen LogP contribution in [-0.4, -0.2) is 15.5 Å². The van der Waals surface area contributed by atoms with Crippen LogP contribution in [0.4, 0.5) is 5.82 Å². The van der Waals surface area contributed by atoms with E-state index in [0.29, 0.717) is 5.16 Å². The van der Waals surface area contributed by atoms with Crippen LogP contribution in [0.3, 0.4) is 0 Å². The Morgan fingerprint density at radius 3 is 2.71 bits per heavy atom. The fourth-order valence-corrected chi connectivity index (χ4v) is 2.64. The molecule has 6 heteroatoms. The summed E-state index contributed by atoms with van der Waals surface area (Å²) < 4.78 is 0. The number of aromatic amines is 1. The average molecular weight is 304 g/mol. The summed E-state index contributed by atoms with van der Waals surface area (Å²) in [6.45, 7) is 7.12. The molecule has 0 saturated heterocycles. The summed E-state index contributed by atoms with van der Waals surface area (Å²) in [7, 11) is 0. The van der Waals surface area contributed by atoms with Gasteiger partial charge in [0, 0.05) is 23.0 Å². The van der Waals surface area contributed by atoms with Gasteiger partial charge in [0.05, 0.1) is 0 Å². The molecule has 0 fully saturated rings. The van der Waals surface area contributed by atoms with Crippen molar-refractivity contribution in [2.75, 3.05) is 5.73 Å². The van der Waals surface area contributed by atoms with Gasteiger partial charge in [-0.1, -0.05) is 30.0 Å². The van der Waals surface area contributed by atoms with Crippen molar-refractivity contribution >= 4 is 17.6 Å². The van der Waals surface area contributed by atoms with Crippen LogP contribution in [0.25, 0.3) is 0 Å². The van der Waals surface area contributed by atoms with Gasteiger partial charge in [-0.05, 0) is 32.4 Å². The summed E-state index contributed by atoms with van der Waals surface area (Å²) in [6.07, 6.45) is 0. The maximum absolute atomic E-state index is 11.4. The topological polar surface area (TPSA) is 83.8 Å². The first-order valence-electron chi connectivity index (χ1n) is 6.71. The van der Waals surface area contributed by atoms with Gasteiger partial charge in [-0.15, -0.1) is 0 Å². The predicted octanol–water partition coefficient (Wildman–Crippen LogP) is 2.39. The van der Waals surface area contributed by atoms with Crippen LogP contribution in [0, 0.1) is 0 Å². The van der Waals surface area contributed by atoms with Crippen LogP contribution in [0.15, 0.2) is 45.2 Å². The van der Waals surface area contributed by atoms with E-state index in [1.807, 2.05) is 18.2 Å². The highest BCUT2D eigenvalue weighted by atomic mass is 32.2. The second-order valence-electron chi connectivity index (χ2n) is 5.79. The molecule has 21 heavy (non-hydrogen) atoms. The molecule has 0 unspecified atom stereocenters. The number of nitrogens with two attached hydrogens (primary N) is 1. The maximum atomic E-state index is 11.4.